The van der Waals surface area contributed by atoms with Crippen LogP contribution in [0.5, 0.6) is 0 Å². The van der Waals surface area contributed by atoms with Gasteiger partial charge in [-0.25, -0.2) is 14.4 Å². The topological polar surface area (TPSA) is 67.8 Å². The van der Waals surface area contributed by atoms with Crippen molar-refractivity contribution >= 4 is 11.7 Å². The van der Waals surface area contributed by atoms with E-state index in [4.69, 9.17) is 0 Å². The number of rotatable bonds is 5. The normalized spacial score (nSPS) is 10.8. The number of carbonyl (C=O) groups is 1. The van der Waals surface area contributed by atoms with Gasteiger partial charge < -0.3 is 5.32 Å². The second-order valence-corrected chi connectivity index (χ2v) is 6.26. The van der Waals surface area contributed by atoms with Crippen LogP contribution < -0.4 is 5.32 Å². The van der Waals surface area contributed by atoms with Crippen molar-refractivity contribution in [3.05, 3.63) is 72.1 Å². The van der Waals surface area contributed by atoms with Crippen LogP contribution in [0, 0.1) is 5.82 Å². The molecule has 3 rings (SSSR count). The van der Waals surface area contributed by atoms with Crippen molar-refractivity contribution in [2.45, 2.75) is 26.2 Å². The monoisotopic (exact) mass is 350 g/mol. The molecule has 1 aromatic carbocycles. The van der Waals surface area contributed by atoms with Crippen LogP contribution in [-0.2, 0) is 11.2 Å². The Kier molecular flexibility index (Phi) is 5.31. The van der Waals surface area contributed by atoms with E-state index in [2.05, 4.69) is 20.3 Å². The van der Waals surface area contributed by atoms with Crippen molar-refractivity contribution in [3.63, 3.8) is 0 Å². The fourth-order valence-corrected chi connectivity index (χ4v) is 2.70. The molecule has 0 atom stereocenters. The van der Waals surface area contributed by atoms with Crippen LogP contribution >= 0.6 is 0 Å². The summed E-state index contributed by atoms with van der Waals surface area (Å²) in [6.45, 7) is 4.07. The molecule has 132 valence electrons. The summed E-state index contributed by atoms with van der Waals surface area (Å²) in [5, 5.41) is 2.75. The van der Waals surface area contributed by atoms with E-state index in [1.54, 1.807) is 30.6 Å². The molecule has 0 fully saturated rings. The highest BCUT2D eigenvalue weighted by Crippen LogP contribution is 2.29. The third-order valence-corrected chi connectivity index (χ3v) is 3.94. The number of amides is 1. The van der Waals surface area contributed by atoms with E-state index in [9.17, 15) is 9.18 Å². The highest BCUT2D eigenvalue weighted by atomic mass is 19.1. The summed E-state index contributed by atoms with van der Waals surface area (Å²) in [7, 11) is 0. The van der Waals surface area contributed by atoms with Gasteiger partial charge in [0.05, 0.1) is 12.1 Å². The number of pyridine rings is 1. The Morgan fingerprint density at radius 1 is 1.19 bits per heavy atom. The van der Waals surface area contributed by atoms with Gasteiger partial charge in [-0.2, -0.15) is 0 Å². The highest BCUT2D eigenvalue weighted by molar-refractivity contribution is 5.91. The summed E-state index contributed by atoms with van der Waals surface area (Å²) < 4.78 is 13.7. The zero-order valence-electron chi connectivity index (χ0n) is 14.6. The van der Waals surface area contributed by atoms with Gasteiger partial charge in [0.1, 0.15) is 18.0 Å². The van der Waals surface area contributed by atoms with Crippen LogP contribution in [0.3, 0.4) is 0 Å². The molecule has 0 saturated heterocycles. The van der Waals surface area contributed by atoms with Crippen molar-refractivity contribution in [1.29, 1.82) is 0 Å². The summed E-state index contributed by atoms with van der Waals surface area (Å²) in [5.74, 6) is 0.0585. The molecule has 1 amide bonds. The first-order chi connectivity index (χ1) is 12.5. The number of anilines is 1. The molecule has 0 aliphatic heterocycles. The Labute approximate surface area is 151 Å². The Hall–Kier alpha value is -3.15. The third kappa shape index (κ3) is 4.27. The first-order valence-corrected chi connectivity index (χ1v) is 8.33. The molecule has 3 aromatic rings. The van der Waals surface area contributed by atoms with E-state index in [-0.39, 0.29) is 24.1 Å². The zero-order valence-corrected chi connectivity index (χ0v) is 14.6. The molecule has 26 heavy (non-hydrogen) atoms. The smallest absolute Gasteiger partial charge is 0.230 e. The maximum absolute atomic E-state index is 13.7. The Balaban J connectivity index is 1.83. The summed E-state index contributed by atoms with van der Waals surface area (Å²) in [6, 6.07) is 9.93. The van der Waals surface area contributed by atoms with E-state index >= 15 is 0 Å². The molecule has 2 aromatic heterocycles. The van der Waals surface area contributed by atoms with Gasteiger partial charge in [-0.15, -0.1) is 0 Å². The maximum atomic E-state index is 13.7. The number of halogens is 1. The van der Waals surface area contributed by atoms with Crippen molar-refractivity contribution < 1.29 is 9.18 Å². The van der Waals surface area contributed by atoms with Gasteiger partial charge >= 0.3 is 0 Å². The number of nitrogens with zero attached hydrogens (tertiary/aromatic N) is 3. The Morgan fingerprint density at radius 2 is 2.04 bits per heavy atom. The Morgan fingerprint density at radius 3 is 2.77 bits per heavy atom. The van der Waals surface area contributed by atoms with Crippen molar-refractivity contribution in [3.8, 4) is 11.3 Å². The van der Waals surface area contributed by atoms with E-state index in [0.29, 0.717) is 17.1 Å². The molecular formula is C20H19FN4O. The van der Waals surface area contributed by atoms with Gasteiger partial charge in [0.2, 0.25) is 5.91 Å². The lowest BCUT2D eigenvalue weighted by Crippen LogP contribution is -2.15. The largest absolute Gasteiger partial charge is 0.310 e. The summed E-state index contributed by atoms with van der Waals surface area (Å²) in [5.41, 5.74) is 3.06. The molecular weight excluding hydrogens is 331 g/mol. The van der Waals surface area contributed by atoms with E-state index < -0.39 is 0 Å². The maximum Gasteiger partial charge on any atom is 0.230 e. The fraction of sp³-hybridized carbons (Fsp3) is 0.200. The average Bonchev–Trinajstić information content (AvgIpc) is 2.62. The summed E-state index contributed by atoms with van der Waals surface area (Å²) in [6.07, 6.45) is 4.87. The summed E-state index contributed by atoms with van der Waals surface area (Å²) >= 11 is 0. The lowest BCUT2D eigenvalue weighted by atomic mass is 9.95. The minimum Gasteiger partial charge on any atom is -0.310 e. The van der Waals surface area contributed by atoms with Crippen LogP contribution in [0.1, 0.15) is 30.9 Å². The first kappa shape index (κ1) is 17.7. The molecule has 0 spiro atoms. The van der Waals surface area contributed by atoms with Crippen molar-refractivity contribution in [2.75, 3.05) is 5.32 Å². The molecule has 5 nitrogen and oxygen atoms in total. The molecule has 0 aliphatic rings. The molecule has 0 saturated carbocycles. The number of aromatic nitrogens is 3. The number of carbonyl (C=O) groups excluding carboxylic acids is 1. The zero-order chi connectivity index (χ0) is 18.5. The highest BCUT2D eigenvalue weighted by Gasteiger charge is 2.13. The second kappa shape index (κ2) is 7.82. The molecule has 0 unspecified atom stereocenters. The quantitative estimate of drug-likeness (QED) is 0.756. The van der Waals surface area contributed by atoms with Crippen LogP contribution in [0.15, 0.2) is 55.1 Å². The van der Waals surface area contributed by atoms with Crippen LogP contribution in [0.2, 0.25) is 0 Å². The second-order valence-electron chi connectivity index (χ2n) is 6.26. The number of hydrogen-bond donors (Lipinski definition) is 1. The van der Waals surface area contributed by atoms with E-state index in [1.807, 2.05) is 19.9 Å². The van der Waals surface area contributed by atoms with Gasteiger partial charge in [0.25, 0.3) is 0 Å². The minimum atomic E-state index is -0.329. The van der Waals surface area contributed by atoms with Crippen LogP contribution in [-0.4, -0.2) is 20.9 Å². The van der Waals surface area contributed by atoms with Crippen molar-refractivity contribution in [2.24, 2.45) is 0 Å². The average molecular weight is 350 g/mol. The van der Waals surface area contributed by atoms with Crippen molar-refractivity contribution in [1.82, 2.24) is 15.0 Å². The van der Waals surface area contributed by atoms with Crippen LogP contribution in [0.4, 0.5) is 10.2 Å². The van der Waals surface area contributed by atoms with Gasteiger partial charge in [-0.05, 0) is 35.2 Å². The third-order valence-electron chi connectivity index (χ3n) is 3.94. The molecule has 0 bridgehead atoms. The lowest BCUT2D eigenvalue weighted by molar-refractivity contribution is -0.115. The Bertz CT molecular complexity index is 913. The number of benzene rings is 1. The van der Waals surface area contributed by atoms with E-state index in [1.165, 1.54) is 18.5 Å². The fourth-order valence-electron chi connectivity index (χ4n) is 2.70. The standard InChI is InChI=1S/C20H19FN4O/c1-13(2)16-6-5-15(21)9-17(16)18-10-19(24-12-23-18)25-20(26)8-14-4-3-7-22-11-14/h3-7,9-13H,8H2,1-2H3,(H,23,24,25,26). The van der Waals surface area contributed by atoms with Gasteiger partial charge in [0.15, 0.2) is 0 Å². The number of nitrogens with one attached hydrogen (secondary N) is 1. The predicted molar refractivity (Wildman–Crippen MR) is 98.1 cm³/mol. The molecule has 0 radical (unpaired) electrons. The minimum absolute atomic E-state index is 0.199. The lowest BCUT2D eigenvalue weighted by Gasteiger charge is -2.13. The van der Waals surface area contributed by atoms with Crippen LogP contribution in [0.25, 0.3) is 11.3 Å². The van der Waals surface area contributed by atoms with Gasteiger partial charge in [-0.1, -0.05) is 26.0 Å². The predicted octanol–water partition coefficient (Wildman–Crippen LogP) is 3.98. The SMILES string of the molecule is CC(C)c1ccc(F)cc1-c1cc(NC(=O)Cc2cccnc2)ncn1. The molecule has 6 heteroatoms. The molecule has 2 heterocycles. The number of hydrogen-bond acceptors (Lipinski definition) is 4. The van der Waals surface area contributed by atoms with Gasteiger partial charge in [0, 0.05) is 24.0 Å². The van der Waals surface area contributed by atoms with Gasteiger partial charge in [-0.3, -0.25) is 9.78 Å². The summed E-state index contributed by atoms with van der Waals surface area (Å²) in [4.78, 5) is 24.5. The molecule has 0 aliphatic carbocycles. The first-order valence-electron chi connectivity index (χ1n) is 8.33. The molecule has 1 N–H and O–H groups in total. The van der Waals surface area contributed by atoms with E-state index in [0.717, 1.165) is 11.1 Å².